The minimum atomic E-state index is -0.971. The number of rotatable bonds is 4. The monoisotopic (exact) mass is 336 g/mol. The molecule has 0 amide bonds. The minimum Gasteiger partial charge on any atom is -0.398 e. The Bertz CT molecular complexity index is 620. The van der Waals surface area contributed by atoms with Crippen molar-refractivity contribution in [2.75, 3.05) is 13.2 Å². The average Bonchev–Trinajstić information content (AvgIpc) is 3.20. The molecule has 0 saturated carbocycles. The topological polar surface area (TPSA) is 45.5 Å². The molecule has 24 heavy (non-hydrogen) atoms. The van der Waals surface area contributed by atoms with Crippen molar-refractivity contribution < 1.29 is 18.4 Å². The molecule has 2 aliphatic heterocycles. The third-order valence-electron chi connectivity index (χ3n) is 5.35. The molecule has 1 aromatic rings. The molecule has 0 radical (unpaired) electrons. The number of ether oxygens (including phenoxy) is 1. The molecule has 0 bridgehead atoms. The van der Waals surface area contributed by atoms with E-state index in [4.69, 9.17) is 14.0 Å². The summed E-state index contributed by atoms with van der Waals surface area (Å²) in [4.78, 5) is 0. The van der Waals surface area contributed by atoms with E-state index in [0.29, 0.717) is 11.5 Å². The third-order valence-corrected chi connectivity index (χ3v) is 5.35. The van der Waals surface area contributed by atoms with Crippen LogP contribution in [0, 0.1) is 5.92 Å². The van der Waals surface area contributed by atoms with E-state index in [-0.39, 0.29) is 0 Å². The quantitative estimate of drug-likeness (QED) is 0.792. The number of hydrogen-bond acceptors (Lipinski definition) is 4. The van der Waals surface area contributed by atoms with E-state index >= 15 is 0 Å². The molecule has 0 aromatic carbocycles. The molecule has 1 atom stereocenters. The van der Waals surface area contributed by atoms with Crippen molar-refractivity contribution in [2.24, 2.45) is 5.92 Å². The maximum atomic E-state index is 14.9. The van der Waals surface area contributed by atoms with E-state index in [1.807, 2.05) is 38.6 Å². The first-order valence-corrected chi connectivity index (χ1v) is 8.52. The first-order chi connectivity index (χ1) is 11.2. The highest BCUT2D eigenvalue weighted by Gasteiger charge is 2.53. The lowest BCUT2D eigenvalue weighted by atomic mass is 9.84. The zero-order valence-electron chi connectivity index (χ0n) is 15.1. The molecule has 132 valence electrons. The Morgan fingerprint density at radius 1 is 1.33 bits per heavy atom. The van der Waals surface area contributed by atoms with Crippen molar-refractivity contribution in [2.45, 2.75) is 58.8 Å². The summed E-state index contributed by atoms with van der Waals surface area (Å²) in [6.45, 7) is 11.8. The van der Waals surface area contributed by atoms with Crippen molar-refractivity contribution in [1.29, 1.82) is 0 Å². The summed E-state index contributed by atoms with van der Waals surface area (Å²) in [6.07, 6.45) is 4.61. The molecule has 1 aromatic heterocycles. The number of aromatic nitrogens is 2. The molecule has 2 aliphatic rings. The predicted molar refractivity (Wildman–Crippen MR) is 90.9 cm³/mol. The van der Waals surface area contributed by atoms with E-state index in [0.717, 1.165) is 31.7 Å². The first-order valence-electron chi connectivity index (χ1n) is 8.52. The molecule has 2 fully saturated rings. The largest absolute Gasteiger partial charge is 0.525 e. The smallest absolute Gasteiger partial charge is 0.398 e. The van der Waals surface area contributed by atoms with Gasteiger partial charge in [-0.2, -0.15) is 5.10 Å². The molecule has 0 spiro atoms. The van der Waals surface area contributed by atoms with Gasteiger partial charge in [-0.15, -0.1) is 0 Å². The van der Waals surface area contributed by atoms with Crippen LogP contribution in [-0.2, 0) is 20.6 Å². The Morgan fingerprint density at radius 3 is 2.58 bits per heavy atom. The van der Waals surface area contributed by atoms with Crippen LogP contribution in [0.15, 0.2) is 18.1 Å². The molecule has 3 rings (SSSR count). The van der Waals surface area contributed by atoms with E-state index < -0.39 is 24.0 Å². The van der Waals surface area contributed by atoms with Crippen molar-refractivity contribution in [3.05, 3.63) is 23.7 Å². The van der Waals surface area contributed by atoms with Crippen molar-refractivity contribution in [1.82, 2.24) is 9.78 Å². The molecule has 5 nitrogen and oxygen atoms in total. The SMILES string of the molecule is CC(=C(F)B1OC(C)(C)C(C)(C)O1)c1cnn(CC2CCOC2)c1. The second-order valence-electron chi connectivity index (χ2n) is 7.74. The van der Waals surface area contributed by atoms with Gasteiger partial charge in [0.1, 0.15) is 5.73 Å². The Morgan fingerprint density at radius 2 is 2.00 bits per heavy atom. The lowest BCUT2D eigenvalue weighted by molar-refractivity contribution is 0.00578. The summed E-state index contributed by atoms with van der Waals surface area (Å²) >= 11 is 0. The van der Waals surface area contributed by atoms with Gasteiger partial charge in [0.25, 0.3) is 0 Å². The van der Waals surface area contributed by atoms with Gasteiger partial charge in [-0.3, -0.25) is 4.68 Å². The molecule has 0 N–H and O–H groups in total. The fraction of sp³-hybridized carbons (Fsp3) is 0.706. The standard InChI is InChI=1S/C17H26BFN2O3/c1-12(15(19)18-23-16(2,3)17(4,5)24-18)14-8-20-21(10-14)9-13-6-7-22-11-13/h8,10,13H,6-7,9,11H2,1-5H3. The minimum absolute atomic E-state index is 0.391. The zero-order valence-corrected chi connectivity index (χ0v) is 15.1. The van der Waals surface area contributed by atoms with Gasteiger partial charge in [-0.25, -0.2) is 4.39 Å². The highest BCUT2D eigenvalue weighted by Crippen LogP contribution is 2.40. The van der Waals surface area contributed by atoms with E-state index in [1.54, 1.807) is 13.1 Å². The Kier molecular flexibility index (Phi) is 4.62. The van der Waals surface area contributed by atoms with E-state index in [9.17, 15) is 4.39 Å². The molecule has 0 aliphatic carbocycles. The molecule has 2 saturated heterocycles. The maximum Gasteiger partial charge on any atom is 0.525 e. The van der Waals surface area contributed by atoms with E-state index in [1.165, 1.54) is 0 Å². The van der Waals surface area contributed by atoms with Gasteiger partial charge in [0.05, 0.1) is 24.0 Å². The highest BCUT2D eigenvalue weighted by molar-refractivity contribution is 6.55. The summed E-state index contributed by atoms with van der Waals surface area (Å²) in [7, 11) is -0.971. The maximum absolute atomic E-state index is 14.9. The third kappa shape index (κ3) is 3.30. The average molecular weight is 336 g/mol. The first kappa shape index (κ1) is 17.6. The van der Waals surface area contributed by atoms with Crippen LogP contribution >= 0.6 is 0 Å². The van der Waals surface area contributed by atoms with Gasteiger partial charge in [0.2, 0.25) is 0 Å². The molecule has 7 heteroatoms. The zero-order chi connectivity index (χ0) is 17.5. The number of hydrogen-bond donors (Lipinski definition) is 0. The van der Waals surface area contributed by atoms with Gasteiger partial charge in [0, 0.05) is 30.8 Å². The van der Waals surface area contributed by atoms with Crippen LogP contribution in [-0.4, -0.2) is 41.3 Å². The molecule has 3 heterocycles. The summed E-state index contributed by atoms with van der Waals surface area (Å²) in [5.74, 6) is 0.481. The second-order valence-corrected chi connectivity index (χ2v) is 7.74. The Hall–Kier alpha value is -1.18. The Labute approximate surface area is 143 Å². The van der Waals surface area contributed by atoms with Gasteiger partial charge in [-0.1, -0.05) is 0 Å². The Balaban J connectivity index is 1.74. The summed E-state index contributed by atoms with van der Waals surface area (Å²) in [5.41, 5.74) is -0.245. The number of nitrogens with zero attached hydrogens (tertiary/aromatic N) is 2. The normalized spacial score (nSPS) is 26.8. The van der Waals surface area contributed by atoms with Crippen LogP contribution < -0.4 is 0 Å². The van der Waals surface area contributed by atoms with Crippen molar-refractivity contribution in [3.63, 3.8) is 0 Å². The highest BCUT2D eigenvalue weighted by atomic mass is 19.1. The van der Waals surface area contributed by atoms with Crippen molar-refractivity contribution in [3.8, 4) is 0 Å². The molecule has 1 unspecified atom stereocenters. The van der Waals surface area contributed by atoms with Crippen LogP contribution in [0.4, 0.5) is 4.39 Å². The predicted octanol–water partition coefficient (Wildman–Crippen LogP) is 3.25. The lowest BCUT2D eigenvalue weighted by Crippen LogP contribution is -2.41. The van der Waals surface area contributed by atoms with Crippen LogP contribution in [0.25, 0.3) is 5.57 Å². The van der Waals surface area contributed by atoms with Crippen LogP contribution in [0.2, 0.25) is 0 Å². The number of halogens is 1. The van der Waals surface area contributed by atoms with Crippen LogP contribution in [0.3, 0.4) is 0 Å². The van der Waals surface area contributed by atoms with Gasteiger partial charge in [0.15, 0.2) is 0 Å². The summed E-state index contributed by atoms with van der Waals surface area (Å²) < 4.78 is 33.7. The summed E-state index contributed by atoms with van der Waals surface area (Å²) in [6, 6.07) is 0. The number of allylic oxidation sites excluding steroid dienone is 1. The van der Waals surface area contributed by atoms with Crippen molar-refractivity contribution >= 4 is 12.7 Å². The second kappa shape index (κ2) is 6.28. The van der Waals surface area contributed by atoms with Gasteiger partial charge in [-0.05, 0) is 46.6 Å². The fourth-order valence-electron chi connectivity index (χ4n) is 2.91. The van der Waals surface area contributed by atoms with Gasteiger partial charge >= 0.3 is 7.12 Å². The lowest BCUT2D eigenvalue weighted by Gasteiger charge is -2.32. The molecular formula is C17H26BFN2O3. The summed E-state index contributed by atoms with van der Waals surface area (Å²) in [5, 5.41) is 4.35. The van der Waals surface area contributed by atoms with Crippen LogP contribution in [0.1, 0.15) is 46.6 Å². The van der Waals surface area contributed by atoms with E-state index in [2.05, 4.69) is 5.10 Å². The van der Waals surface area contributed by atoms with Crippen LogP contribution in [0.5, 0.6) is 0 Å². The fourth-order valence-corrected chi connectivity index (χ4v) is 2.91. The molecular weight excluding hydrogens is 310 g/mol. The van der Waals surface area contributed by atoms with Gasteiger partial charge < -0.3 is 14.0 Å².